The lowest BCUT2D eigenvalue weighted by atomic mass is 10.1. The first-order valence-corrected chi connectivity index (χ1v) is 10.3. The summed E-state index contributed by atoms with van der Waals surface area (Å²) in [4.78, 5) is 0. The fraction of sp³-hybridized carbons (Fsp3) is 0.174. The number of thiocarbonyl (C=S) groups is 1. The number of benzene rings is 2. The minimum Gasteiger partial charge on any atom is -0.497 e. The van der Waals surface area contributed by atoms with Crippen molar-refractivity contribution in [2.24, 2.45) is 0 Å². The van der Waals surface area contributed by atoms with Crippen LogP contribution in [-0.2, 0) is 13.1 Å². The van der Waals surface area contributed by atoms with Gasteiger partial charge >= 0.3 is 0 Å². The topological polar surface area (TPSA) is 68.9 Å². The maximum Gasteiger partial charge on any atom is 0.176 e. The third-order valence-electron chi connectivity index (χ3n) is 4.85. The van der Waals surface area contributed by atoms with E-state index in [1.165, 1.54) is 11.1 Å². The van der Waals surface area contributed by atoms with E-state index in [2.05, 4.69) is 39.9 Å². The van der Waals surface area contributed by atoms with Crippen LogP contribution in [-0.4, -0.2) is 31.8 Å². The lowest BCUT2D eigenvalue weighted by molar-refractivity contribution is 0.414. The van der Waals surface area contributed by atoms with Gasteiger partial charge in [0.15, 0.2) is 10.9 Å². The summed E-state index contributed by atoms with van der Waals surface area (Å²) in [5.41, 5.74) is 4.39. The zero-order chi connectivity index (χ0) is 21.6. The maximum absolute atomic E-state index is 5.42. The van der Waals surface area contributed by atoms with Gasteiger partial charge in [0.2, 0.25) is 0 Å². The first-order valence-electron chi connectivity index (χ1n) is 9.90. The summed E-state index contributed by atoms with van der Waals surface area (Å²) >= 11 is 5.42. The van der Waals surface area contributed by atoms with E-state index in [1.807, 2.05) is 64.2 Å². The summed E-state index contributed by atoms with van der Waals surface area (Å²) < 4.78 is 9.00. The van der Waals surface area contributed by atoms with Crippen LogP contribution in [0.15, 0.2) is 73.2 Å². The molecule has 0 bridgehead atoms. The summed E-state index contributed by atoms with van der Waals surface area (Å²) in [7, 11) is 1.66. The SMILES string of the molecule is COc1cccc(Cn2cc(NC(=S)Nc3ccn(Cc4ccccc4C)n3)cn2)c1. The van der Waals surface area contributed by atoms with Crippen LogP contribution in [0.2, 0.25) is 0 Å². The van der Waals surface area contributed by atoms with E-state index in [9.17, 15) is 0 Å². The molecule has 2 N–H and O–H groups in total. The van der Waals surface area contributed by atoms with Gasteiger partial charge in [-0.3, -0.25) is 9.36 Å². The van der Waals surface area contributed by atoms with Gasteiger partial charge in [0, 0.05) is 18.5 Å². The molecule has 0 saturated heterocycles. The second-order valence-electron chi connectivity index (χ2n) is 7.18. The molecule has 4 aromatic rings. The van der Waals surface area contributed by atoms with Gasteiger partial charge < -0.3 is 15.4 Å². The fourth-order valence-electron chi connectivity index (χ4n) is 3.23. The second kappa shape index (κ2) is 9.44. The number of hydrogen-bond acceptors (Lipinski definition) is 4. The van der Waals surface area contributed by atoms with Crippen molar-refractivity contribution in [1.82, 2.24) is 19.6 Å². The fourth-order valence-corrected chi connectivity index (χ4v) is 3.45. The Morgan fingerprint density at radius 1 is 1.03 bits per heavy atom. The molecule has 4 rings (SSSR count). The highest BCUT2D eigenvalue weighted by Crippen LogP contribution is 2.15. The Hall–Kier alpha value is -3.65. The Morgan fingerprint density at radius 2 is 1.90 bits per heavy atom. The molecule has 0 unspecified atom stereocenters. The molecular formula is C23H24N6OS. The Labute approximate surface area is 186 Å². The van der Waals surface area contributed by atoms with Crippen LogP contribution in [0.5, 0.6) is 5.75 Å². The van der Waals surface area contributed by atoms with Crippen LogP contribution in [0.25, 0.3) is 0 Å². The van der Waals surface area contributed by atoms with Gasteiger partial charge in [-0.15, -0.1) is 0 Å². The summed E-state index contributed by atoms with van der Waals surface area (Å²) in [5, 5.41) is 15.7. The number of aryl methyl sites for hydroxylation is 1. The third-order valence-corrected chi connectivity index (χ3v) is 5.05. The quantitative estimate of drug-likeness (QED) is 0.425. The van der Waals surface area contributed by atoms with Gasteiger partial charge in [-0.25, -0.2) is 0 Å². The Balaban J connectivity index is 1.32. The number of rotatable bonds is 7. The number of ether oxygens (including phenoxy) is 1. The first-order chi connectivity index (χ1) is 15.1. The summed E-state index contributed by atoms with van der Waals surface area (Å²) in [6.07, 6.45) is 5.58. The molecule has 158 valence electrons. The van der Waals surface area contributed by atoms with Crippen molar-refractivity contribution in [2.75, 3.05) is 17.7 Å². The first kappa shape index (κ1) is 20.6. The highest BCUT2D eigenvalue weighted by Gasteiger charge is 2.06. The molecule has 8 heteroatoms. The van der Waals surface area contributed by atoms with E-state index >= 15 is 0 Å². The van der Waals surface area contributed by atoms with Gasteiger partial charge in [-0.1, -0.05) is 36.4 Å². The summed E-state index contributed by atoms with van der Waals surface area (Å²) in [5.74, 6) is 1.52. The number of aromatic nitrogens is 4. The largest absolute Gasteiger partial charge is 0.497 e. The van der Waals surface area contributed by atoms with Crippen molar-refractivity contribution >= 4 is 28.8 Å². The maximum atomic E-state index is 5.42. The monoisotopic (exact) mass is 432 g/mol. The Kier molecular flexibility index (Phi) is 6.28. The van der Waals surface area contributed by atoms with Gasteiger partial charge in [0.25, 0.3) is 0 Å². The summed E-state index contributed by atoms with van der Waals surface area (Å²) in [6, 6.07) is 18.1. The Bertz CT molecular complexity index is 1180. The standard InChI is InChI=1S/C23H24N6OS/c1-17-6-3-4-8-19(17)15-28-11-10-22(27-28)26-23(31)25-20-13-24-29(16-20)14-18-7-5-9-21(12-18)30-2/h3-13,16H,14-15H2,1-2H3,(H2,25,26,27,31). The molecule has 31 heavy (non-hydrogen) atoms. The third kappa shape index (κ3) is 5.49. The number of nitrogens with zero attached hydrogens (tertiary/aromatic N) is 4. The van der Waals surface area contributed by atoms with Gasteiger partial charge in [0.05, 0.1) is 32.1 Å². The minimum absolute atomic E-state index is 0.460. The highest BCUT2D eigenvalue weighted by molar-refractivity contribution is 7.80. The molecule has 0 aliphatic heterocycles. The molecule has 0 amide bonds. The van der Waals surface area contributed by atoms with E-state index < -0.39 is 0 Å². The molecular weight excluding hydrogens is 408 g/mol. The lowest BCUT2D eigenvalue weighted by Gasteiger charge is -2.07. The van der Waals surface area contributed by atoms with Crippen molar-refractivity contribution in [3.05, 3.63) is 89.9 Å². The molecule has 0 saturated carbocycles. The van der Waals surface area contributed by atoms with Crippen molar-refractivity contribution in [3.63, 3.8) is 0 Å². The molecule has 0 aliphatic carbocycles. The molecule has 2 heterocycles. The number of hydrogen-bond donors (Lipinski definition) is 2. The average molecular weight is 433 g/mol. The second-order valence-corrected chi connectivity index (χ2v) is 7.59. The predicted octanol–water partition coefficient (Wildman–Crippen LogP) is 4.30. The molecule has 0 fully saturated rings. The van der Waals surface area contributed by atoms with Gasteiger partial charge in [0.1, 0.15) is 5.75 Å². The molecule has 0 spiro atoms. The van der Waals surface area contributed by atoms with Crippen molar-refractivity contribution < 1.29 is 4.74 Å². The Morgan fingerprint density at radius 3 is 2.74 bits per heavy atom. The molecule has 2 aromatic heterocycles. The predicted molar refractivity (Wildman–Crippen MR) is 127 cm³/mol. The van der Waals surface area contributed by atoms with Crippen molar-refractivity contribution in [1.29, 1.82) is 0 Å². The van der Waals surface area contributed by atoms with Crippen molar-refractivity contribution in [2.45, 2.75) is 20.0 Å². The molecule has 0 atom stereocenters. The number of methoxy groups -OCH3 is 1. The van der Waals surface area contributed by atoms with Gasteiger partial charge in [-0.05, 0) is 48.0 Å². The normalized spacial score (nSPS) is 10.6. The molecule has 0 aliphatic rings. The van der Waals surface area contributed by atoms with E-state index in [-0.39, 0.29) is 0 Å². The van der Waals surface area contributed by atoms with Crippen LogP contribution in [0.1, 0.15) is 16.7 Å². The average Bonchev–Trinajstić information content (AvgIpc) is 3.39. The van der Waals surface area contributed by atoms with E-state index in [1.54, 1.807) is 13.3 Å². The smallest absolute Gasteiger partial charge is 0.176 e. The zero-order valence-electron chi connectivity index (χ0n) is 17.4. The van der Waals surface area contributed by atoms with Crippen LogP contribution < -0.4 is 15.4 Å². The van der Waals surface area contributed by atoms with Crippen molar-refractivity contribution in [3.8, 4) is 5.75 Å². The van der Waals surface area contributed by atoms with Gasteiger partial charge in [-0.2, -0.15) is 10.2 Å². The minimum atomic E-state index is 0.460. The number of anilines is 2. The van der Waals surface area contributed by atoms with E-state index in [0.717, 1.165) is 17.0 Å². The van der Waals surface area contributed by atoms with E-state index in [4.69, 9.17) is 17.0 Å². The zero-order valence-corrected chi connectivity index (χ0v) is 18.3. The van der Waals surface area contributed by atoms with Crippen LogP contribution in [0, 0.1) is 6.92 Å². The van der Waals surface area contributed by atoms with Crippen LogP contribution in [0.3, 0.4) is 0 Å². The van der Waals surface area contributed by atoms with Crippen LogP contribution >= 0.6 is 12.2 Å². The highest BCUT2D eigenvalue weighted by atomic mass is 32.1. The molecule has 0 radical (unpaired) electrons. The number of nitrogens with one attached hydrogen (secondary N) is 2. The van der Waals surface area contributed by atoms with Crippen LogP contribution in [0.4, 0.5) is 11.5 Å². The lowest BCUT2D eigenvalue weighted by Crippen LogP contribution is -2.19. The summed E-state index contributed by atoms with van der Waals surface area (Å²) in [6.45, 7) is 3.46. The van der Waals surface area contributed by atoms with E-state index in [0.29, 0.717) is 24.0 Å². The molecule has 7 nitrogen and oxygen atoms in total. The molecule has 2 aromatic carbocycles.